The minimum atomic E-state index is -0.847. The van der Waals surface area contributed by atoms with Crippen molar-refractivity contribution in [2.75, 3.05) is 0 Å². The predicted octanol–water partition coefficient (Wildman–Crippen LogP) is 3.77. The Balaban J connectivity index is 1.96. The number of carbonyl (C=O) groups excluding carboxylic acids is 1. The van der Waals surface area contributed by atoms with Crippen molar-refractivity contribution in [3.8, 4) is 11.4 Å². The molecule has 1 aromatic carbocycles. The molecule has 22 heavy (non-hydrogen) atoms. The van der Waals surface area contributed by atoms with E-state index in [2.05, 4.69) is 4.98 Å². The summed E-state index contributed by atoms with van der Waals surface area (Å²) in [6.07, 6.45) is 1.73. The molecule has 0 aliphatic carbocycles. The Kier molecular flexibility index (Phi) is 3.48. The fourth-order valence-corrected chi connectivity index (χ4v) is 2.48. The number of aromatic nitrogens is 2. The SMILES string of the molecule is Cc1nc2n(CC(=O)c3ccc(F)cc3F)cccc-2c1C. The van der Waals surface area contributed by atoms with E-state index >= 15 is 0 Å². The third-order valence-corrected chi connectivity index (χ3v) is 3.81. The monoisotopic (exact) mass is 300 g/mol. The summed E-state index contributed by atoms with van der Waals surface area (Å²) in [5.74, 6) is -1.28. The quantitative estimate of drug-likeness (QED) is 0.690. The molecule has 112 valence electrons. The molecule has 2 heterocycles. The predicted molar refractivity (Wildman–Crippen MR) is 79.0 cm³/mol. The molecule has 2 aliphatic heterocycles. The van der Waals surface area contributed by atoms with Gasteiger partial charge in [-0.1, -0.05) is 0 Å². The molecular formula is C17H14F2N2O. The first-order valence-corrected chi connectivity index (χ1v) is 6.87. The molecule has 1 aromatic rings. The normalized spacial score (nSPS) is 11.1. The van der Waals surface area contributed by atoms with E-state index in [1.807, 2.05) is 26.0 Å². The summed E-state index contributed by atoms with van der Waals surface area (Å²) in [4.78, 5) is 16.7. The van der Waals surface area contributed by atoms with E-state index in [4.69, 9.17) is 0 Å². The lowest BCUT2D eigenvalue weighted by Gasteiger charge is -2.11. The molecule has 3 nitrogen and oxygen atoms in total. The summed E-state index contributed by atoms with van der Waals surface area (Å²) >= 11 is 0. The largest absolute Gasteiger partial charge is 0.325 e. The van der Waals surface area contributed by atoms with Gasteiger partial charge in [0, 0.05) is 23.5 Å². The Morgan fingerprint density at radius 3 is 2.73 bits per heavy atom. The second-order valence-electron chi connectivity index (χ2n) is 5.24. The van der Waals surface area contributed by atoms with Gasteiger partial charge in [0.25, 0.3) is 0 Å². The number of Topliss-reactive ketones (excluding diaryl/α,β-unsaturated/α-hetero) is 1. The van der Waals surface area contributed by atoms with Gasteiger partial charge >= 0.3 is 0 Å². The molecule has 0 fully saturated rings. The van der Waals surface area contributed by atoms with Gasteiger partial charge in [0.1, 0.15) is 17.5 Å². The number of halogens is 2. The molecule has 0 amide bonds. The van der Waals surface area contributed by atoms with E-state index in [0.29, 0.717) is 11.9 Å². The molecular weight excluding hydrogens is 286 g/mol. The topological polar surface area (TPSA) is 34.9 Å². The molecule has 2 aliphatic rings. The van der Waals surface area contributed by atoms with Crippen molar-refractivity contribution in [1.82, 2.24) is 9.55 Å². The number of ketones is 1. The highest BCUT2D eigenvalue weighted by atomic mass is 19.1. The highest BCUT2D eigenvalue weighted by Gasteiger charge is 2.18. The first-order chi connectivity index (χ1) is 10.5. The van der Waals surface area contributed by atoms with Crippen molar-refractivity contribution >= 4 is 5.78 Å². The molecule has 5 heteroatoms. The fraction of sp³-hybridized carbons (Fsp3) is 0.176. The molecule has 3 rings (SSSR count). The second kappa shape index (κ2) is 5.33. The van der Waals surface area contributed by atoms with Gasteiger partial charge in [-0.25, -0.2) is 13.8 Å². The molecule has 0 N–H and O–H groups in total. The number of benzene rings is 1. The van der Waals surface area contributed by atoms with Crippen molar-refractivity contribution < 1.29 is 13.6 Å². The Hall–Kier alpha value is -2.56. The summed E-state index contributed by atoms with van der Waals surface area (Å²) in [7, 11) is 0. The standard InChI is InChI=1S/C17H14F2N2O/c1-10-11(2)20-17-13(10)4-3-7-21(17)9-16(22)14-6-5-12(18)8-15(14)19/h3-8H,9H2,1-2H3. The number of pyridine rings is 1. The second-order valence-corrected chi connectivity index (χ2v) is 5.24. The number of fused-ring (bicyclic) bond motifs is 1. The van der Waals surface area contributed by atoms with Gasteiger partial charge in [-0.2, -0.15) is 0 Å². The summed E-state index contributed by atoms with van der Waals surface area (Å²) in [5, 5.41) is 0. The highest BCUT2D eigenvalue weighted by Crippen LogP contribution is 2.27. The first kappa shape index (κ1) is 14.4. The average molecular weight is 300 g/mol. The Morgan fingerprint density at radius 1 is 1.23 bits per heavy atom. The smallest absolute Gasteiger partial charge is 0.185 e. The Bertz CT molecular complexity index is 839. The van der Waals surface area contributed by atoms with Crippen LogP contribution in [0.5, 0.6) is 0 Å². The van der Waals surface area contributed by atoms with Crippen LogP contribution < -0.4 is 0 Å². The van der Waals surface area contributed by atoms with Crippen LogP contribution in [0, 0.1) is 25.5 Å². The van der Waals surface area contributed by atoms with E-state index in [9.17, 15) is 13.6 Å². The third kappa shape index (κ3) is 2.39. The molecule has 0 radical (unpaired) electrons. The molecule has 0 spiro atoms. The van der Waals surface area contributed by atoms with Gasteiger partial charge in [0.05, 0.1) is 12.1 Å². The van der Waals surface area contributed by atoms with Gasteiger partial charge in [-0.15, -0.1) is 0 Å². The van der Waals surface area contributed by atoms with Crippen LogP contribution in [-0.4, -0.2) is 15.3 Å². The number of aryl methyl sites for hydroxylation is 1. The molecule has 0 saturated heterocycles. The van der Waals surface area contributed by atoms with E-state index in [-0.39, 0.29) is 12.1 Å². The zero-order valence-electron chi connectivity index (χ0n) is 12.2. The van der Waals surface area contributed by atoms with E-state index in [0.717, 1.165) is 22.9 Å². The number of carbonyl (C=O) groups is 1. The van der Waals surface area contributed by atoms with Gasteiger partial charge < -0.3 is 4.57 Å². The van der Waals surface area contributed by atoms with Crippen LogP contribution in [-0.2, 0) is 6.54 Å². The summed E-state index contributed by atoms with van der Waals surface area (Å²) < 4.78 is 28.3. The van der Waals surface area contributed by atoms with Crippen molar-refractivity contribution in [3.63, 3.8) is 0 Å². The van der Waals surface area contributed by atoms with E-state index < -0.39 is 17.4 Å². The van der Waals surface area contributed by atoms with E-state index in [1.165, 1.54) is 6.07 Å². The maximum Gasteiger partial charge on any atom is 0.185 e. The van der Waals surface area contributed by atoms with E-state index in [1.54, 1.807) is 10.8 Å². The lowest BCUT2D eigenvalue weighted by molar-refractivity contribution is 0.0968. The number of rotatable bonds is 3. The van der Waals surface area contributed by atoms with Gasteiger partial charge in [0.15, 0.2) is 5.78 Å². The van der Waals surface area contributed by atoms with Crippen LogP contribution in [0.2, 0.25) is 0 Å². The van der Waals surface area contributed by atoms with Crippen LogP contribution in [0.15, 0.2) is 36.5 Å². The number of nitrogens with zero attached hydrogens (tertiary/aromatic N) is 2. The molecule has 0 saturated carbocycles. The molecule has 0 unspecified atom stereocenters. The van der Waals surface area contributed by atoms with Crippen LogP contribution >= 0.6 is 0 Å². The van der Waals surface area contributed by atoms with Crippen LogP contribution in [0.4, 0.5) is 8.78 Å². The third-order valence-electron chi connectivity index (χ3n) is 3.81. The lowest BCUT2D eigenvalue weighted by atomic mass is 10.1. The van der Waals surface area contributed by atoms with Crippen molar-refractivity contribution in [2.45, 2.75) is 20.4 Å². The maximum absolute atomic E-state index is 13.7. The average Bonchev–Trinajstić information content (AvgIpc) is 2.76. The molecule has 0 aromatic heterocycles. The minimum Gasteiger partial charge on any atom is -0.325 e. The number of hydrogen-bond acceptors (Lipinski definition) is 2. The van der Waals surface area contributed by atoms with Gasteiger partial charge in [-0.05, 0) is 43.7 Å². The van der Waals surface area contributed by atoms with Crippen LogP contribution in [0.1, 0.15) is 21.6 Å². The summed E-state index contributed by atoms with van der Waals surface area (Å²) in [5.41, 5.74) is 2.80. The van der Waals surface area contributed by atoms with Gasteiger partial charge in [0.2, 0.25) is 0 Å². The molecule has 0 atom stereocenters. The minimum absolute atomic E-state index is 0.0458. The summed E-state index contributed by atoms with van der Waals surface area (Å²) in [6, 6.07) is 6.72. The van der Waals surface area contributed by atoms with Crippen LogP contribution in [0.3, 0.4) is 0 Å². The first-order valence-electron chi connectivity index (χ1n) is 6.87. The summed E-state index contributed by atoms with van der Waals surface area (Å²) in [6.45, 7) is 3.83. The maximum atomic E-state index is 13.7. The van der Waals surface area contributed by atoms with Crippen molar-refractivity contribution in [2.24, 2.45) is 0 Å². The number of hydrogen-bond donors (Lipinski definition) is 0. The zero-order valence-corrected chi connectivity index (χ0v) is 12.2. The fourth-order valence-electron chi connectivity index (χ4n) is 2.48. The van der Waals surface area contributed by atoms with Crippen molar-refractivity contribution in [1.29, 1.82) is 0 Å². The zero-order chi connectivity index (χ0) is 15.9. The van der Waals surface area contributed by atoms with Crippen LogP contribution in [0.25, 0.3) is 11.4 Å². The Morgan fingerprint density at radius 2 is 2.00 bits per heavy atom. The Labute approximate surface area is 126 Å². The van der Waals surface area contributed by atoms with Gasteiger partial charge in [-0.3, -0.25) is 4.79 Å². The lowest BCUT2D eigenvalue weighted by Crippen LogP contribution is -2.14. The molecule has 0 bridgehead atoms. The van der Waals surface area contributed by atoms with Crippen molar-refractivity contribution in [3.05, 3.63) is 65.0 Å². The highest BCUT2D eigenvalue weighted by molar-refractivity contribution is 5.96.